The molecule has 3 rings (SSSR count). The zero-order valence-electron chi connectivity index (χ0n) is 13.5. The molecule has 0 saturated heterocycles. The lowest BCUT2D eigenvalue weighted by atomic mass is 10.1. The average Bonchev–Trinajstić information content (AvgIpc) is 2.95. The molecule has 0 spiro atoms. The van der Waals surface area contributed by atoms with Gasteiger partial charge in [0, 0.05) is 23.6 Å². The van der Waals surface area contributed by atoms with Crippen LogP contribution in [0.25, 0.3) is 5.65 Å². The number of anilines is 1. The highest BCUT2D eigenvalue weighted by atomic mass is 16.2. The first-order chi connectivity index (χ1) is 11.5. The van der Waals surface area contributed by atoms with Gasteiger partial charge in [0.1, 0.15) is 5.65 Å². The molecule has 2 N–H and O–H groups in total. The first-order valence-electron chi connectivity index (χ1n) is 7.61. The molecular weight excluding hydrogens is 304 g/mol. The van der Waals surface area contributed by atoms with Gasteiger partial charge < -0.3 is 15.0 Å². The molecule has 3 aromatic rings. The van der Waals surface area contributed by atoms with Gasteiger partial charge in [0.15, 0.2) is 5.78 Å². The fraction of sp³-hybridized carbons (Fsp3) is 0.167. The van der Waals surface area contributed by atoms with Crippen LogP contribution in [-0.4, -0.2) is 21.2 Å². The van der Waals surface area contributed by atoms with E-state index >= 15 is 0 Å². The van der Waals surface area contributed by atoms with Crippen molar-refractivity contribution in [2.75, 3.05) is 5.32 Å². The number of hydrogen-bond acceptors (Lipinski definition) is 3. The summed E-state index contributed by atoms with van der Waals surface area (Å²) < 4.78 is 1.92. The molecule has 0 aliphatic rings. The van der Waals surface area contributed by atoms with Gasteiger partial charge in [0.2, 0.25) is 0 Å². The van der Waals surface area contributed by atoms with Crippen LogP contribution in [0.2, 0.25) is 0 Å². The number of Topliss-reactive ketones (excluding diaryl/α,β-unsaturated/α-hetero) is 1. The van der Waals surface area contributed by atoms with Crippen molar-refractivity contribution >= 4 is 23.1 Å². The number of ketones is 1. The highest BCUT2D eigenvalue weighted by molar-refractivity contribution is 5.95. The molecule has 2 aromatic heterocycles. The van der Waals surface area contributed by atoms with Gasteiger partial charge in [-0.3, -0.25) is 4.79 Å². The van der Waals surface area contributed by atoms with Crippen molar-refractivity contribution in [2.24, 2.45) is 0 Å². The monoisotopic (exact) mass is 322 g/mol. The third kappa shape index (κ3) is 3.60. The summed E-state index contributed by atoms with van der Waals surface area (Å²) in [5, 5.41) is 5.49. The highest BCUT2D eigenvalue weighted by Crippen LogP contribution is 2.10. The van der Waals surface area contributed by atoms with Gasteiger partial charge in [-0.2, -0.15) is 0 Å². The minimum Gasteiger partial charge on any atom is -0.332 e. The van der Waals surface area contributed by atoms with Gasteiger partial charge >= 0.3 is 6.03 Å². The van der Waals surface area contributed by atoms with Crippen LogP contribution in [0.4, 0.5) is 10.5 Å². The number of nitrogens with zero attached hydrogens (tertiary/aromatic N) is 2. The standard InChI is InChI=1S/C18H18N4O2/c1-12-7-8-22-11-16(20-17(22)9-12)10-19-18(24)21-15-5-3-14(4-6-15)13(2)23/h3-9,11H,10H2,1-2H3,(H2,19,21,24). The molecule has 1 aromatic carbocycles. The Balaban J connectivity index is 1.59. The van der Waals surface area contributed by atoms with Gasteiger partial charge in [-0.05, 0) is 55.8 Å². The number of carbonyl (C=O) groups excluding carboxylic acids is 2. The molecule has 0 unspecified atom stereocenters. The summed E-state index contributed by atoms with van der Waals surface area (Å²) in [6, 6.07) is 10.4. The molecule has 0 radical (unpaired) electrons. The Kier molecular flexibility index (Phi) is 4.29. The Bertz CT molecular complexity index is 897. The van der Waals surface area contributed by atoms with E-state index in [1.807, 2.05) is 35.9 Å². The van der Waals surface area contributed by atoms with E-state index in [0.717, 1.165) is 16.9 Å². The molecule has 0 aliphatic heterocycles. The summed E-state index contributed by atoms with van der Waals surface area (Å²) >= 11 is 0. The zero-order chi connectivity index (χ0) is 17.1. The number of hydrogen-bond donors (Lipinski definition) is 2. The van der Waals surface area contributed by atoms with Crippen LogP contribution < -0.4 is 10.6 Å². The fourth-order valence-electron chi connectivity index (χ4n) is 2.36. The van der Waals surface area contributed by atoms with Crippen molar-refractivity contribution in [3.8, 4) is 0 Å². The number of imidazole rings is 1. The summed E-state index contributed by atoms with van der Waals surface area (Å²) in [5.74, 6) is -0.00640. The second kappa shape index (κ2) is 6.54. The highest BCUT2D eigenvalue weighted by Gasteiger charge is 2.06. The number of aromatic nitrogens is 2. The molecule has 122 valence electrons. The summed E-state index contributed by atoms with van der Waals surface area (Å²) in [6.45, 7) is 3.85. The van der Waals surface area contributed by atoms with Gasteiger partial charge in [-0.1, -0.05) is 0 Å². The van der Waals surface area contributed by atoms with Gasteiger partial charge in [-0.25, -0.2) is 9.78 Å². The molecule has 0 aliphatic carbocycles. The number of benzene rings is 1. The first kappa shape index (κ1) is 15.7. The number of aryl methyl sites for hydroxylation is 1. The second-order valence-electron chi connectivity index (χ2n) is 5.64. The van der Waals surface area contributed by atoms with E-state index in [2.05, 4.69) is 15.6 Å². The van der Waals surface area contributed by atoms with E-state index in [1.54, 1.807) is 24.3 Å². The molecule has 0 bridgehead atoms. The number of rotatable bonds is 4. The second-order valence-corrected chi connectivity index (χ2v) is 5.64. The maximum atomic E-state index is 12.0. The lowest BCUT2D eigenvalue weighted by molar-refractivity contribution is 0.101. The average molecular weight is 322 g/mol. The summed E-state index contributed by atoms with van der Waals surface area (Å²) in [6.07, 6.45) is 3.83. The maximum Gasteiger partial charge on any atom is 0.319 e. The molecular formula is C18H18N4O2. The normalized spacial score (nSPS) is 10.6. The van der Waals surface area contributed by atoms with Crippen molar-refractivity contribution in [1.82, 2.24) is 14.7 Å². The number of fused-ring (bicyclic) bond motifs is 1. The summed E-state index contributed by atoms with van der Waals surface area (Å²) in [5.41, 5.74) is 4.01. The van der Waals surface area contributed by atoms with Crippen molar-refractivity contribution in [3.63, 3.8) is 0 Å². The molecule has 6 nitrogen and oxygen atoms in total. The topological polar surface area (TPSA) is 75.5 Å². The molecule has 6 heteroatoms. The van der Waals surface area contributed by atoms with E-state index < -0.39 is 0 Å². The number of nitrogens with one attached hydrogen (secondary N) is 2. The number of urea groups is 1. The van der Waals surface area contributed by atoms with E-state index in [4.69, 9.17) is 0 Å². The Labute approximate surface area is 139 Å². The first-order valence-corrected chi connectivity index (χ1v) is 7.61. The summed E-state index contributed by atoms with van der Waals surface area (Å²) in [7, 11) is 0. The van der Waals surface area contributed by atoms with Crippen molar-refractivity contribution in [3.05, 3.63) is 65.6 Å². The quantitative estimate of drug-likeness (QED) is 0.724. The third-order valence-electron chi connectivity index (χ3n) is 3.64. The van der Waals surface area contributed by atoms with Crippen LogP contribution in [0.3, 0.4) is 0 Å². The third-order valence-corrected chi connectivity index (χ3v) is 3.64. The number of amides is 2. The van der Waals surface area contributed by atoms with Crippen molar-refractivity contribution in [2.45, 2.75) is 20.4 Å². The van der Waals surface area contributed by atoms with Gasteiger partial charge in [0.25, 0.3) is 0 Å². The lowest BCUT2D eigenvalue weighted by Gasteiger charge is -2.06. The minimum absolute atomic E-state index is 0.00640. The van der Waals surface area contributed by atoms with Gasteiger partial charge in [0.05, 0.1) is 12.2 Å². The van der Waals surface area contributed by atoms with Crippen molar-refractivity contribution in [1.29, 1.82) is 0 Å². The SMILES string of the molecule is CC(=O)c1ccc(NC(=O)NCc2cn3ccc(C)cc3n2)cc1. The Morgan fingerprint density at radius 1 is 1.17 bits per heavy atom. The van der Waals surface area contributed by atoms with Crippen LogP contribution in [0.15, 0.2) is 48.8 Å². The number of pyridine rings is 1. The fourth-order valence-corrected chi connectivity index (χ4v) is 2.36. The van der Waals surface area contributed by atoms with E-state index in [1.165, 1.54) is 6.92 Å². The van der Waals surface area contributed by atoms with Crippen LogP contribution in [0.5, 0.6) is 0 Å². The van der Waals surface area contributed by atoms with E-state index in [0.29, 0.717) is 17.8 Å². The number of carbonyl (C=O) groups is 2. The molecule has 2 heterocycles. The molecule has 0 fully saturated rings. The smallest absolute Gasteiger partial charge is 0.319 e. The molecule has 0 atom stereocenters. The minimum atomic E-state index is -0.321. The zero-order valence-corrected chi connectivity index (χ0v) is 13.5. The summed E-state index contributed by atoms with van der Waals surface area (Å²) in [4.78, 5) is 27.6. The van der Waals surface area contributed by atoms with Crippen molar-refractivity contribution < 1.29 is 9.59 Å². The largest absolute Gasteiger partial charge is 0.332 e. The predicted octanol–water partition coefficient (Wildman–Crippen LogP) is 3.17. The van der Waals surface area contributed by atoms with E-state index in [9.17, 15) is 9.59 Å². The molecule has 24 heavy (non-hydrogen) atoms. The molecule has 2 amide bonds. The van der Waals surface area contributed by atoms with Crippen LogP contribution >= 0.6 is 0 Å². The molecule has 0 saturated carbocycles. The maximum absolute atomic E-state index is 12.0. The van der Waals surface area contributed by atoms with Gasteiger partial charge in [-0.15, -0.1) is 0 Å². The lowest BCUT2D eigenvalue weighted by Crippen LogP contribution is -2.28. The van der Waals surface area contributed by atoms with Crippen LogP contribution in [0.1, 0.15) is 28.5 Å². The Hall–Kier alpha value is -3.15. The Morgan fingerprint density at radius 2 is 1.92 bits per heavy atom. The predicted molar refractivity (Wildman–Crippen MR) is 92.2 cm³/mol. The van der Waals surface area contributed by atoms with Crippen LogP contribution in [-0.2, 0) is 6.54 Å². The van der Waals surface area contributed by atoms with Crippen LogP contribution in [0, 0.1) is 6.92 Å². The Morgan fingerprint density at radius 3 is 2.62 bits per heavy atom. The van der Waals surface area contributed by atoms with E-state index in [-0.39, 0.29) is 11.8 Å².